The Balaban J connectivity index is 2.09. The summed E-state index contributed by atoms with van der Waals surface area (Å²) in [7, 11) is 0. The van der Waals surface area contributed by atoms with Crippen LogP contribution in [0.15, 0.2) is 21.7 Å². The van der Waals surface area contributed by atoms with Gasteiger partial charge in [0.1, 0.15) is 0 Å². The van der Waals surface area contributed by atoms with Crippen molar-refractivity contribution in [2.24, 2.45) is 10.3 Å². The third-order valence-electron chi connectivity index (χ3n) is 2.24. The molecule has 0 saturated carbocycles. The normalized spacial score (nSPS) is 24.0. The van der Waals surface area contributed by atoms with Crippen molar-refractivity contribution in [1.82, 2.24) is 5.43 Å². The van der Waals surface area contributed by atoms with Gasteiger partial charge in [-0.3, -0.25) is 0 Å². The molecule has 3 heteroatoms. The SMILES string of the molecule is C1CCCC2=C(CC1)[N]N=N2. The van der Waals surface area contributed by atoms with Crippen LogP contribution in [0.3, 0.4) is 0 Å². The van der Waals surface area contributed by atoms with Gasteiger partial charge in [0, 0.05) is 0 Å². The third-order valence-corrected chi connectivity index (χ3v) is 2.24. The summed E-state index contributed by atoms with van der Waals surface area (Å²) in [6.07, 6.45) is 7.37. The maximum Gasteiger partial charge on any atom is 0.0882 e. The van der Waals surface area contributed by atoms with Gasteiger partial charge in [-0.15, -0.1) is 10.5 Å². The van der Waals surface area contributed by atoms with Crippen molar-refractivity contribution in [1.29, 1.82) is 0 Å². The average Bonchev–Trinajstić information content (AvgIpc) is 2.35. The van der Waals surface area contributed by atoms with Crippen molar-refractivity contribution in [2.75, 3.05) is 0 Å². The Morgan fingerprint density at radius 2 is 1.55 bits per heavy atom. The molecular weight excluding hydrogens is 138 g/mol. The van der Waals surface area contributed by atoms with Crippen LogP contribution < -0.4 is 5.43 Å². The highest BCUT2D eigenvalue weighted by molar-refractivity contribution is 5.13. The molecule has 11 heavy (non-hydrogen) atoms. The summed E-state index contributed by atoms with van der Waals surface area (Å²) in [5.74, 6) is 0. The summed E-state index contributed by atoms with van der Waals surface area (Å²) in [6, 6.07) is 0. The molecule has 0 aromatic heterocycles. The summed E-state index contributed by atoms with van der Waals surface area (Å²) >= 11 is 0. The third kappa shape index (κ3) is 1.42. The van der Waals surface area contributed by atoms with E-state index in [1.807, 2.05) is 0 Å². The first-order valence-corrected chi connectivity index (χ1v) is 4.30. The van der Waals surface area contributed by atoms with Gasteiger partial charge in [-0.2, -0.15) is 0 Å². The Labute approximate surface area is 66.6 Å². The fourth-order valence-electron chi connectivity index (χ4n) is 1.57. The second-order valence-corrected chi connectivity index (χ2v) is 3.10. The van der Waals surface area contributed by atoms with E-state index in [0.717, 1.165) is 24.2 Å². The van der Waals surface area contributed by atoms with E-state index in [4.69, 9.17) is 0 Å². The van der Waals surface area contributed by atoms with E-state index in [1.54, 1.807) is 0 Å². The highest BCUT2D eigenvalue weighted by Crippen LogP contribution is 2.26. The first-order chi connectivity index (χ1) is 5.47. The van der Waals surface area contributed by atoms with Gasteiger partial charge < -0.3 is 0 Å². The van der Waals surface area contributed by atoms with Crippen LogP contribution >= 0.6 is 0 Å². The summed E-state index contributed by atoms with van der Waals surface area (Å²) < 4.78 is 0. The largest absolute Gasteiger partial charge is 0.133 e. The van der Waals surface area contributed by atoms with E-state index < -0.39 is 0 Å². The van der Waals surface area contributed by atoms with Crippen molar-refractivity contribution >= 4 is 0 Å². The molecule has 0 N–H and O–H groups in total. The van der Waals surface area contributed by atoms with Crippen LogP contribution in [-0.4, -0.2) is 0 Å². The zero-order valence-corrected chi connectivity index (χ0v) is 6.58. The molecular formula is C8H12N3. The molecule has 1 heterocycles. The molecule has 1 radical (unpaired) electrons. The lowest BCUT2D eigenvalue weighted by Crippen LogP contribution is -1.97. The molecule has 1 aliphatic carbocycles. The maximum absolute atomic E-state index is 4.00. The van der Waals surface area contributed by atoms with Gasteiger partial charge in [0.2, 0.25) is 0 Å². The molecule has 2 rings (SSSR count). The number of allylic oxidation sites excluding steroid dienone is 2. The summed E-state index contributed by atoms with van der Waals surface area (Å²) in [4.78, 5) is 0. The molecule has 3 nitrogen and oxygen atoms in total. The van der Waals surface area contributed by atoms with Gasteiger partial charge in [0.25, 0.3) is 0 Å². The topological polar surface area (TPSA) is 38.8 Å². The van der Waals surface area contributed by atoms with Crippen molar-refractivity contribution in [3.8, 4) is 0 Å². The zero-order valence-electron chi connectivity index (χ0n) is 6.58. The quantitative estimate of drug-likeness (QED) is 0.509. The number of hydrogen-bond acceptors (Lipinski definition) is 2. The minimum atomic E-state index is 1.09. The first-order valence-electron chi connectivity index (χ1n) is 4.30. The fourth-order valence-corrected chi connectivity index (χ4v) is 1.57. The Bertz CT molecular complexity index is 205. The van der Waals surface area contributed by atoms with Crippen LogP contribution in [0.2, 0.25) is 0 Å². The van der Waals surface area contributed by atoms with Gasteiger partial charge in [-0.1, -0.05) is 12.8 Å². The Morgan fingerprint density at radius 3 is 2.36 bits per heavy atom. The summed E-state index contributed by atoms with van der Waals surface area (Å²) in [5.41, 5.74) is 6.28. The minimum Gasteiger partial charge on any atom is -0.133 e. The van der Waals surface area contributed by atoms with Crippen molar-refractivity contribution in [3.05, 3.63) is 11.4 Å². The van der Waals surface area contributed by atoms with E-state index in [-0.39, 0.29) is 0 Å². The molecule has 0 aromatic carbocycles. The molecule has 59 valence electrons. The zero-order chi connectivity index (χ0) is 7.52. The average molecular weight is 150 g/mol. The van der Waals surface area contributed by atoms with Crippen LogP contribution in [0, 0.1) is 0 Å². The van der Waals surface area contributed by atoms with E-state index in [2.05, 4.69) is 15.8 Å². The summed E-state index contributed by atoms with van der Waals surface area (Å²) in [5, 5.41) is 7.68. The second kappa shape index (κ2) is 3.03. The van der Waals surface area contributed by atoms with E-state index in [9.17, 15) is 0 Å². The van der Waals surface area contributed by atoms with Crippen LogP contribution in [0.5, 0.6) is 0 Å². The lowest BCUT2D eigenvalue weighted by Gasteiger charge is -2.06. The summed E-state index contributed by atoms with van der Waals surface area (Å²) in [6.45, 7) is 0. The molecule has 0 fully saturated rings. The number of hydrogen-bond donors (Lipinski definition) is 0. The Kier molecular flexibility index (Phi) is 1.88. The predicted octanol–water partition coefficient (Wildman–Crippen LogP) is 2.54. The minimum absolute atomic E-state index is 1.09. The predicted molar refractivity (Wildman–Crippen MR) is 41.7 cm³/mol. The van der Waals surface area contributed by atoms with Gasteiger partial charge in [-0.05, 0) is 30.9 Å². The first kappa shape index (κ1) is 6.83. The molecule has 0 atom stereocenters. The van der Waals surface area contributed by atoms with E-state index in [0.29, 0.717) is 0 Å². The molecule has 0 unspecified atom stereocenters. The molecule has 0 spiro atoms. The number of rotatable bonds is 0. The molecule has 0 saturated heterocycles. The van der Waals surface area contributed by atoms with Crippen LogP contribution in [0.4, 0.5) is 0 Å². The Morgan fingerprint density at radius 1 is 0.818 bits per heavy atom. The number of nitrogens with zero attached hydrogens (tertiary/aromatic N) is 3. The molecule has 0 amide bonds. The molecule has 1 aliphatic heterocycles. The van der Waals surface area contributed by atoms with E-state index >= 15 is 0 Å². The lowest BCUT2D eigenvalue weighted by atomic mass is 10.0. The fraction of sp³-hybridized carbons (Fsp3) is 0.750. The van der Waals surface area contributed by atoms with Crippen LogP contribution in [-0.2, 0) is 0 Å². The smallest absolute Gasteiger partial charge is 0.0882 e. The van der Waals surface area contributed by atoms with Gasteiger partial charge >= 0.3 is 0 Å². The highest BCUT2D eigenvalue weighted by Gasteiger charge is 2.14. The Hall–Kier alpha value is -0.860. The van der Waals surface area contributed by atoms with Crippen LogP contribution in [0.1, 0.15) is 38.5 Å². The van der Waals surface area contributed by atoms with Gasteiger partial charge in [0.05, 0.1) is 11.4 Å². The monoisotopic (exact) mass is 150 g/mol. The highest BCUT2D eigenvalue weighted by atomic mass is 15.5. The lowest BCUT2D eigenvalue weighted by molar-refractivity contribution is 0.600. The molecule has 0 aromatic rings. The molecule has 2 aliphatic rings. The van der Waals surface area contributed by atoms with Gasteiger partial charge in [-0.25, -0.2) is 0 Å². The van der Waals surface area contributed by atoms with Crippen molar-refractivity contribution < 1.29 is 0 Å². The van der Waals surface area contributed by atoms with Crippen molar-refractivity contribution in [2.45, 2.75) is 38.5 Å². The standard InChI is InChI=1S/C8H12N3/c1-2-4-6-8-7(5-3-1)9-11-10-8/h1-6H2. The second-order valence-electron chi connectivity index (χ2n) is 3.10. The van der Waals surface area contributed by atoms with E-state index in [1.165, 1.54) is 25.7 Å². The van der Waals surface area contributed by atoms with Crippen molar-refractivity contribution in [3.63, 3.8) is 0 Å². The maximum atomic E-state index is 4.00. The van der Waals surface area contributed by atoms with Gasteiger partial charge in [0.15, 0.2) is 0 Å². The molecule has 0 bridgehead atoms. The van der Waals surface area contributed by atoms with Crippen LogP contribution in [0.25, 0.3) is 0 Å².